The molecule has 1 N–H and O–H groups in total. The van der Waals surface area contributed by atoms with E-state index in [2.05, 4.69) is 22.2 Å². The van der Waals surface area contributed by atoms with Crippen molar-refractivity contribution in [2.75, 3.05) is 27.2 Å². The van der Waals surface area contributed by atoms with Gasteiger partial charge in [0.2, 0.25) is 0 Å². The molecule has 1 amide bonds. The fraction of sp³-hybridized carbons (Fsp3) is 0.412. The number of hydrogen-bond acceptors (Lipinski definition) is 5. The average molecular weight is 331 g/mol. The van der Waals surface area contributed by atoms with E-state index < -0.39 is 0 Å². The molecule has 0 unspecified atom stereocenters. The maximum atomic E-state index is 12.3. The Morgan fingerprint density at radius 1 is 1.30 bits per heavy atom. The van der Waals surface area contributed by atoms with Crippen LogP contribution in [-0.2, 0) is 0 Å². The van der Waals surface area contributed by atoms with E-state index in [1.54, 1.807) is 7.11 Å². The number of hydrogen-bond donors (Lipinski definition) is 1. The minimum Gasteiger partial charge on any atom is -0.497 e. The van der Waals surface area contributed by atoms with Crippen LogP contribution in [0.5, 0.6) is 5.75 Å². The van der Waals surface area contributed by atoms with Crippen molar-refractivity contribution >= 4 is 17.2 Å². The number of likely N-dealkylation sites (tertiary alicyclic amines) is 1. The Morgan fingerprint density at radius 3 is 2.65 bits per heavy atom. The van der Waals surface area contributed by atoms with Crippen molar-refractivity contribution in [3.63, 3.8) is 0 Å². The Bertz CT molecular complexity index is 661. The number of thiazole rings is 1. The van der Waals surface area contributed by atoms with Crippen molar-refractivity contribution < 1.29 is 9.53 Å². The lowest BCUT2D eigenvalue weighted by molar-refractivity contribution is 0.0912. The lowest BCUT2D eigenvalue weighted by atomic mass is 10.1. The predicted molar refractivity (Wildman–Crippen MR) is 92.1 cm³/mol. The van der Waals surface area contributed by atoms with Gasteiger partial charge in [-0.25, -0.2) is 4.98 Å². The number of nitrogens with zero attached hydrogens (tertiary/aromatic N) is 2. The molecule has 23 heavy (non-hydrogen) atoms. The molecule has 2 aromatic rings. The van der Waals surface area contributed by atoms with Crippen molar-refractivity contribution in [3.05, 3.63) is 35.3 Å². The van der Waals surface area contributed by atoms with E-state index in [1.165, 1.54) is 11.3 Å². The van der Waals surface area contributed by atoms with Crippen LogP contribution in [0.2, 0.25) is 0 Å². The molecule has 2 heterocycles. The summed E-state index contributed by atoms with van der Waals surface area (Å²) >= 11 is 1.49. The number of nitrogens with one attached hydrogen (secondary N) is 1. The SMILES string of the molecule is COc1ccc(-c2nc(C(=O)NC3CCN(C)CC3)cs2)cc1. The molecule has 0 aliphatic carbocycles. The zero-order chi connectivity index (χ0) is 16.2. The molecule has 0 atom stereocenters. The van der Waals surface area contributed by atoms with Crippen LogP contribution in [0.1, 0.15) is 23.3 Å². The quantitative estimate of drug-likeness (QED) is 0.936. The van der Waals surface area contributed by atoms with Crippen LogP contribution in [0.25, 0.3) is 10.6 Å². The standard InChI is InChI=1S/C17H21N3O2S/c1-20-9-7-13(8-10-20)18-16(21)15-11-23-17(19-15)12-3-5-14(22-2)6-4-12/h3-6,11,13H,7-10H2,1-2H3,(H,18,21). The third-order valence-corrected chi connectivity index (χ3v) is 5.02. The molecule has 1 aromatic heterocycles. The molecule has 1 aromatic carbocycles. The number of benzene rings is 1. The summed E-state index contributed by atoms with van der Waals surface area (Å²) < 4.78 is 5.16. The maximum Gasteiger partial charge on any atom is 0.270 e. The Labute approximate surface area is 140 Å². The van der Waals surface area contributed by atoms with E-state index in [1.807, 2.05) is 29.6 Å². The van der Waals surface area contributed by atoms with Crippen LogP contribution in [0, 0.1) is 0 Å². The van der Waals surface area contributed by atoms with Crippen LogP contribution in [0.3, 0.4) is 0 Å². The number of methoxy groups -OCH3 is 1. The van der Waals surface area contributed by atoms with E-state index in [9.17, 15) is 4.79 Å². The van der Waals surface area contributed by atoms with E-state index >= 15 is 0 Å². The summed E-state index contributed by atoms with van der Waals surface area (Å²) in [5.41, 5.74) is 1.49. The van der Waals surface area contributed by atoms with Gasteiger partial charge in [-0.1, -0.05) is 0 Å². The van der Waals surface area contributed by atoms with Gasteiger partial charge in [-0.15, -0.1) is 11.3 Å². The summed E-state index contributed by atoms with van der Waals surface area (Å²) in [5.74, 6) is 0.737. The first kappa shape index (κ1) is 16.0. The molecule has 0 spiro atoms. The average Bonchev–Trinajstić information content (AvgIpc) is 3.07. The van der Waals surface area contributed by atoms with Gasteiger partial charge in [-0.05, 0) is 57.2 Å². The highest BCUT2D eigenvalue weighted by atomic mass is 32.1. The van der Waals surface area contributed by atoms with Crippen molar-refractivity contribution in [2.24, 2.45) is 0 Å². The highest BCUT2D eigenvalue weighted by Gasteiger charge is 2.20. The van der Waals surface area contributed by atoms with E-state index in [4.69, 9.17) is 4.74 Å². The zero-order valence-electron chi connectivity index (χ0n) is 13.4. The normalized spacial score (nSPS) is 16.3. The van der Waals surface area contributed by atoms with Gasteiger partial charge in [0.25, 0.3) is 5.91 Å². The van der Waals surface area contributed by atoms with Gasteiger partial charge in [-0.2, -0.15) is 0 Å². The van der Waals surface area contributed by atoms with Gasteiger partial charge in [0, 0.05) is 17.0 Å². The number of carbonyl (C=O) groups is 1. The molecule has 1 saturated heterocycles. The second kappa shape index (κ2) is 7.10. The molecule has 0 bridgehead atoms. The first-order chi connectivity index (χ1) is 11.2. The maximum absolute atomic E-state index is 12.3. The lowest BCUT2D eigenvalue weighted by Crippen LogP contribution is -2.43. The topological polar surface area (TPSA) is 54.5 Å². The molecule has 6 heteroatoms. The molecular formula is C17H21N3O2S. The van der Waals surface area contributed by atoms with Crippen molar-refractivity contribution in [3.8, 4) is 16.3 Å². The molecule has 0 saturated carbocycles. The van der Waals surface area contributed by atoms with Gasteiger partial charge in [0.1, 0.15) is 16.5 Å². The molecule has 5 nitrogen and oxygen atoms in total. The highest BCUT2D eigenvalue weighted by molar-refractivity contribution is 7.13. The summed E-state index contributed by atoms with van der Waals surface area (Å²) in [6.07, 6.45) is 2.00. The third kappa shape index (κ3) is 3.89. The third-order valence-electron chi connectivity index (χ3n) is 4.13. The summed E-state index contributed by atoms with van der Waals surface area (Å²) in [6, 6.07) is 7.96. The number of carbonyl (C=O) groups excluding carboxylic acids is 1. The first-order valence-electron chi connectivity index (χ1n) is 7.75. The van der Waals surface area contributed by atoms with Crippen LogP contribution in [0.4, 0.5) is 0 Å². The summed E-state index contributed by atoms with van der Waals surface area (Å²) in [5, 5.41) is 5.77. The largest absolute Gasteiger partial charge is 0.497 e. The smallest absolute Gasteiger partial charge is 0.270 e. The Balaban J connectivity index is 1.64. The molecule has 0 radical (unpaired) electrons. The van der Waals surface area contributed by atoms with Crippen molar-refractivity contribution in [2.45, 2.75) is 18.9 Å². The number of amides is 1. The van der Waals surface area contributed by atoms with E-state index in [0.29, 0.717) is 5.69 Å². The minimum absolute atomic E-state index is 0.0736. The van der Waals surface area contributed by atoms with E-state index in [-0.39, 0.29) is 11.9 Å². The van der Waals surface area contributed by atoms with Gasteiger partial charge < -0.3 is 15.0 Å². The second-order valence-corrected chi connectivity index (χ2v) is 6.68. The van der Waals surface area contributed by atoms with Crippen molar-refractivity contribution in [1.29, 1.82) is 0 Å². The fourth-order valence-corrected chi connectivity index (χ4v) is 3.46. The zero-order valence-corrected chi connectivity index (χ0v) is 14.2. The second-order valence-electron chi connectivity index (χ2n) is 5.82. The molecule has 1 aliphatic rings. The number of rotatable bonds is 4. The Morgan fingerprint density at radius 2 is 2.00 bits per heavy atom. The number of ether oxygens (including phenoxy) is 1. The van der Waals surface area contributed by atoms with Gasteiger partial charge in [0.05, 0.1) is 7.11 Å². The molecule has 1 fully saturated rings. The van der Waals surface area contributed by atoms with Crippen LogP contribution >= 0.6 is 11.3 Å². The summed E-state index contributed by atoms with van der Waals surface area (Å²) in [7, 11) is 3.75. The predicted octanol–water partition coefficient (Wildman–Crippen LogP) is 2.64. The fourth-order valence-electron chi connectivity index (χ4n) is 2.66. The van der Waals surface area contributed by atoms with Gasteiger partial charge in [-0.3, -0.25) is 4.79 Å². The van der Waals surface area contributed by atoms with Crippen LogP contribution < -0.4 is 10.1 Å². The number of piperidine rings is 1. The monoisotopic (exact) mass is 331 g/mol. The molecule has 122 valence electrons. The van der Waals surface area contributed by atoms with Gasteiger partial charge >= 0.3 is 0 Å². The highest BCUT2D eigenvalue weighted by Crippen LogP contribution is 2.25. The van der Waals surface area contributed by atoms with Crippen LogP contribution in [-0.4, -0.2) is 49.1 Å². The first-order valence-corrected chi connectivity index (χ1v) is 8.63. The summed E-state index contributed by atoms with van der Waals surface area (Å²) in [4.78, 5) is 19.1. The van der Waals surface area contributed by atoms with Crippen LogP contribution in [0.15, 0.2) is 29.6 Å². The molecule has 3 rings (SSSR count). The lowest BCUT2D eigenvalue weighted by Gasteiger charge is -2.29. The molecular weight excluding hydrogens is 310 g/mol. The minimum atomic E-state index is -0.0736. The molecule has 1 aliphatic heterocycles. The summed E-state index contributed by atoms with van der Waals surface area (Å²) in [6.45, 7) is 2.05. The Hall–Kier alpha value is -1.92. The Kier molecular flexibility index (Phi) is 4.93. The van der Waals surface area contributed by atoms with E-state index in [0.717, 1.165) is 42.3 Å². The van der Waals surface area contributed by atoms with Crippen molar-refractivity contribution in [1.82, 2.24) is 15.2 Å². The number of aromatic nitrogens is 1. The van der Waals surface area contributed by atoms with Gasteiger partial charge in [0.15, 0.2) is 0 Å².